The molecule has 1 atom stereocenters. The highest BCUT2D eigenvalue weighted by atomic mass is 79.9. The Balaban J connectivity index is 2.03. The third kappa shape index (κ3) is 3.00. The molecule has 3 nitrogen and oxygen atoms in total. The summed E-state index contributed by atoms with van der Waals surface area (Å²) < 4.78 is 6.54. The van der Waals surface area contributed by atoms with Crippen LogP contribution < -0.4 is 10.1 Å². The van der Waals surface area contributed by atoms with Crippen molar-refractivity contribution >= 4 is 27.3 Å². The van der Waals surface area contributed by atoms with Crippen molar-refractivity contribution < 1.29 is 4.74 Å². The highest BCUT2D eigenvalue weighted by molar-refractivity contribution is 9.10. The van der Waals surface area contributed by atoms with Crippen molar-refractivity contribution in [3.63, 3.8) is 0 Å². The summed E-state index contributed by atoms with van der Waals surface area (Å²) in [4.78, 5) is 6.35. The Morgan fingerprint density at radius 3 is 3.10 bits per heavy atom. The van der Waals surface area contributed by atoms with Gasteiger partial charge in [-0.05, 0) is 44.0 Å². The smallest absolute Gasteiger partial charge is 0.129 e. The molecule has 0 radical (unpaired) electrons. The molecular weight excluding hydrogens is 348 g/mol. The van der Waals surface area contributed by atoms with Gasteiger partial charge in [-0.25, -0.2) is 4.98 Å². The van der Waals surface area contributed by atoms with Gasteiger partial charge < -0.3 is 10.1 Å². The summed E-state index contributed by atoms with van der Waals surface area (Å²) in [6.45, 7) is 3.13. The Morgan fingerprint density at radius 2 is 2.33 bits per heavy atom. The van der Waals surface area contributed by atoms with E-state index in [1.807, 2.05) is 12.1 Å². The second-order valence-electron chi connectivity index (χ2n) is 5.17. The molecule has 3 rings (SSSR count). The summed E-state index contributed by atoms with van der Waals surface area (Å²) >= 11 is 5.34. The molecule has 0 aliphatic heterocycles. The van der Waals surface area contributed by atoms with Crippen LogP contribution in [0, 0.1) is 0 Å². The third-order valence-corrected chi connectivity index (χ3v) is 5.45. The first-order chi connectivity index (χ1) is 10.2. The van der Waals surface area contributed by atoms with Gasteiger partial charge >= 0.3 is 0 Å². The summed E-state index contributed by atoms with van der Waals surface area (Å²) in [7, 11) is 1.71. The lowest BCUT2D eigenvalue weighted by Crippen LogP contribution is -2.24. The van der Waals surface area contributed by atoms with E-state index in [0.29, 0.717) is 6.04 Å². The maximum absolute atomic E-state index is 5.49. The van der Waals surface area contributed by atoms with Gasteiger partial charge in [0.2, 0.25) is 0 Å². The van der Waals surface area contributed by atoms with Crippen molar-refractivity contribution in [3.8, 4) is 16.3 Å². The number of aromatic nitrogens is 1. The molecule has 1 heterocycles. The number of rotatable bonds is 4. The van der Waals surface area contributed by atoms with Gasteiger partial charge in [0.1, 0.15) is 10.8 Å². The van der Waals surface area contributed by atoms with Crippen LogP contribution in [-0.4, -0.2) is 18.6 Å². The maximum Gasteiger partial charge on any atom is 0.129 e. The van der Waals surface area contributed by atoms with E-state index in [1.54, 1.807) is 18.4 Å². The number of fused-ring (bicyclic) bond motifs is 1. The van der Waals surface area contributed by atoms with Gasteiger partial charge in [0.05, 0.1) is 24.4 Å². The van der Waals surface area contributed by atoms with E-state index >= 15 is 0 Å². The second-order valence-corrected chi connectivity index (χ2v) is 7.17. The predicted molar refractivity (Wildman–Crippen MR) is 91.2 cm³/mol. The fraction of sp³-hybridized carbons (Fsp3) is 0.438. The third-order valence-electron chi connectivity index (χ3n) is 3.80. The molecule has 0 amide bonds. The van der Waals surface area contributed by atoms with Crippen molar-refractivity contribution in [2.24, 2.45) is 0 Å². The minimum absolute atomic E-state index is 0.405. The van der Waals surface area contributed by atoms with Crippen LogP contribution in [0.25, 0.3) is 10.6 Å². The quantitative estimate of drug-likeness (QED) is 0.860. The van der Waals surface area contributed by atoms with Crippen molar-refractivity contribution in [2.45, 2.75) is 32.2 Å². The Morgan fingerprint density at radius 1 is 1.48 bits per heavy atom. The summed E-state index contributed by atoms with van der Waals surface area (Å²) in [6.07, 6.45) is 3.56. The first-order valence-corrected chi connectivity index (χ1v) is 8.90. The van der Waals surface area contributed by atoms with Crippen molar-refractivity contribution in [1.29, 1.82) is 0 Å². The van der Waals surface area contributed by atoms with Gasteiger partial charge in [0.15, 0.2) is 0 Å². The molecule has 5 heteroatoms. The molecule has 0 saturated heterocycles. The molecule has 1 aliphatic carbocycles. The lowest BCUT2D eigenvalue weighted by molar-refractivity contribution is 0.416. The van der Waals surface area contributed by atoms with Gasteiger partial charge in [-0.1, -0.05) is 22.9 Å². The number of ether oxygens (including phenoxy) is 1. The lowest BCUT2D eigenvalue weighted by atomic mass is 9.97. The number of nitrogens with one attached hydrogen (secondary N) is 1. The van der Waals surface area contributed by atoms with Crippen LogP contribution in [0.3, 0.4) is 0 Å². The molecule has 1 aromatic heterocycles. The zero-order chi connectivity index (χ0) is 14.8. The first kappa shape index (κ1) is 15.0. The van der Waals surface area contributed by atoms with Crippen LogP contribution in [0.5, 0.6) is 5.75 Å². The summed E-state index contributed by atoms with van der Waals surface area (Å²) in [5.74, 6) is 0.879. The fourth-order valence-electron chi connectivity index (χ4n) is 2.83. The first-order valence-electron chi connectivity index (χ1n) is 7.29. The topological polar surface area (TPSA) is 34.1 Å². The van der Waals surface area contributed by atoms with Crippen LogP contribution in [0.1, 0.15) is 36.4 Å². The van der Waals surface area contributed by atoms with Crippen molar-refractivity contribution in [2.75, 3.05) is 13.7 Å². The molecule has 1 aromatic carbocycles. The van der Waals surface area contributed by atoms with E-state index in [1.165, 1.54) is 23.4 Å². The Kier molecular flexibility index (Phi) is 4.62. The van der Waals surface area contributed by atoms with Gasteiger partial charge in [0, 0.05) is 9.35 Å². The average Bonchev–Trinajstić information content (AvgIpc) is 2.92. The summed E-state index contributed by atoms with van der Waals surface area (Å²) in [6, 6.07) is 6.48. The summed E-state index contributed by atoms with van der Waals surface area (Å²) in [5.41, 5.74) is 2.31. The van der Waals surface area contributed by atoms with Gasteiger partial charge in [-0.2, -0.15) is 0 Å². The standard InChI is InChI=1S/C16H19BrN2OS/c1-3-18-12-5-4-6-14-15(12)19-16(21-14)11-9-10(17)7-8-13(11)20-2/h7-9,12,18H,3-6H2,1-2H3. The predicted octanol–water partition coefficient (Wildman–Crippen LogP) is 4.57. The lowest BCUT2D eigenvalue weighted by Gasteiger charge is -2.21. The van der Waals surface area contributed by atoms with E-state index in [4.69, 9.17) is 9.72 Å². The number of hydrogen-bond donors (Lipinski definition) is 1. The number of thiazole rings is 1. The average molecular weight is 367 g/mol. The number of nitrogens with zero attached hydrogens (tertiary/aromatic N) is 1. The molecule has 0 saturated carbocycles. The van der Waals surface area contributed by atoms with E-state index in [2.05, 4.69) is 34.2 Å². The Hall–Kier alpha value is -0.910. The SMILES string of the molecule is CCNC1CCCc2sc(-c3cc(Br)ccc3OC)nc21. The Labute approximate surface area is 137 Å². The van der Waals surface area contributed by atoms with Gasteiger partial charge in [0.25, 0.3) is 0 Å². The van der Waals surface area contributed by atoms with E-state index in [0.717, 1.165) is 33.8 Å². The minimum atomic E-state index is 0.405. The number of halogens is 1. The molecule has 1 unspecified atom stereocenters. The number of aryl methyl sites for hydroxylation is 1. The van der Waals surface area contributed by atoms with E-state index in [-0.39, 0.29) is 0 Å². The van der Waals surface area contributed by atoms with E-state index in [9.17, 15) is 0 Å². The molecule has 112 valence electrons. The van der Waals surface area contributed by atoms with Crippen LogP contribution in [0.4, 0.5) is 0 Å². The van der Waals surface area contributed by atoms with Crippen LogP contribution in [0.15, 0.2) is 22.7 Å². The van der Waals surface area contributed by atoms with Crippen LogP contribution in [-0.2, 0) is 6.42 Å². The second kappa shape index (κ2) is 6.46. The molecule has 0 spiro atoms. The van der Waals surface area contributed by atoms with Crippen molar-refractivity contribution in [1.82, 2.24) is 10.3 Å². The monoisotopic (exact) mass is 366 g/mol. The summed E-state index contributed by atoms with van der Waals surface area (Å²) in [5, 5.41) is 4.61. The van der Waals surface area contributed by atoms with Crippen LogP contribution >= 0.6 is 27.3 Å². The molecule has 0 fully saturated rings. The number of benzene rings is 1. The number of hydrogen-bond acceptors (Lipinski definition) is 4. The molecule has 2 aromatic rings. The largest absolute Gasteiger partial charge is 0.496 e. The fourth-order valence-corrected chi connectivity index (χ4v) is 4.37. The molecule has 1 N–H and O–H groups in total. The molecule has 21 heavy (non-hydrogen) atoms. The normalized spacial score (nSPS) is 17.6. The van der Waals surface area contributed by atoms with Crippen molar-refractivity contribution in [3.05, 3.63) is 33.2 Å². The highest BCUT2D eigenvalue weighted by Crippen LogP contribution is 2.40. The minimum Gasteiger partial charge on any atom is -0.496 e. The van der Waals surface area contributed by atoms with Gasteiger partial charge in [-0.3, -0.25) is 0 Å². The maximum atomic E-state index is 5.49. The van der Waals surface area contributed by atoms with Crippen LogP contribution in [0.2, 0.25) is 0 Å². The molecule has 1 aliphatic rings. The molecule has 0 bridgehead atoms. The van der Waals surface area contributed by atoms with Gasteiger partial charge in [-0.15, -0.1) is 11.3 Å². The number of methoxy groups -OCH3 is 1. The zero-order valence-corrected chi connectivity index (χ0v) is 14.7. The Bertz CT molecular complexity index is 641. The molecular formula is C16H19BrN2OS. The van der Waals surface area contributed by atoms with E-state index < -0.39 is 0 Å². The zero-order valence-electron chi connectivity index (χ0n) is 12.3. The highest BCUT2D eigenvalue weighted by Gasteiger charge is 2.25.